The number of pyridine rings is 1. The Labute approximate surface area is 209 Å². The van der Waals surface area contributed by atoms with Crippen molar-refractivity contribution in [2.45, 2.75) is 26.2 Å². The number of oxime groups is 1. The molecule has 4 aromatic rings. The molecule has 0 saturated heterocycles. The predicted octanol–water partition coefficient (Wildman–Crippen LogP) is 6.92. The summed E-state index contributed by atoms with van der Waals surface area (Å²) in [6, 6.07) is 24.5. The normalized spacial score (nSPS) is 12.4. The van der Waals surface area contributed by atoms with Crippen LogP contribution in [0.2, 0.25) is 5.02 Å². The average molecular weight is 485 g/mol. The van der Waals surface area contributed by atoms with Gasteiger partial charge in [0, 0.05) is 23.3 Å². The van der Waals surface area contributed by atoms with Crippen molar-refractivity contribution in [3.8, 4) is 11.1 Å². The highest BCUT2D eigenvalue weighted by molar-refractivity contribution is 6.30. The second-order valence-corrected chi connectivity index (χ2v) is 8.95. The quantitative estimate of drug-likeness (QED) is 0.169. The fraction of sp³-hybridized carbons (Fsp3) is 0.138. The number of carboxylic acids is 1. The molecule has 0 aliphatic heterocycles. The number of carbonyl (C=O) groups is 1. The molecule has 1 atom stereocenters. The number of nitrogens with zero attached hydrogens (tertiary/aromatic N) is 2. The van der Waals surface area contributed by atoms with Gasteiger partial charge in [-0.15, -0.1) is 0 Å². The molecular formula is C29H25ClN2O3. The highest BCUT2D eigenvalue weighted by atomic mass is 35.5. The van der Waals surface area contributed by atoms with Gasteiger partial charge in [-0.3, -0.25) is 4.98 Å². The van der Waals surface area contributed by atoms with Crippen LogP contribution in [0.25, 0.3) is 11.1 Å². The lowest BCUT2D eigenvalue weighted by Crippen LogP contribution is -2.18. The Morgan fingerprint density at radius 3 is 2.17 bits per heavy atom. The lowest BCUT2D eigenvalue weighted by molar-refractivity contribution is 0.0697. The highest BCUT2D eigenvalue weighted by Crippen LogP contribution is 2.33. The first-order valence-electron chi connectivity index (χ1n) is 11.2. The second-order valence-electron chi connectivity index (χ2n) is 8.51. The summed E-state index contributed by atoms with van der Waals surface area (Å²) in [7, 11) is 0. The minimum atomic E-state index is -0.951. The lowest BCUT2D eigenvalue weighted by Gasteiger charge is -2.22. The number of aromatic nitrogens is 1. The summed E-state index contributed by atoms with van der Waals surface area (Å²) in [5.41, 5.74) is 7.63. The van der Waals surface area contributed by atoms with Crippen molar-refractivity contribution < 1.29 is 15.1 Å². The molecule has 35 heavy (non-hydrogen) atoms. The number of carboxylic acid groups (broad SMARTS) is 1. The van der Waals surface area contributed by atoms with Crippen molar-refractivity contribution >= 4 is 23.3 Å². The van der Waals surface area contributed by atoms with Crippen LogP contribution in [0.5, 0.6) is 0 Å². The molecule has 5 nitrogen and oxygen atoms in total. The van der Waals surface area contributed by atoms with E-state index in [9.17, 15) is 10.0 Å². The van der Waals surface area contributed by atoms with Crippen LogP contribution >= 0.6 is 11.6 Å². The Hall–Kier alpha value is -3.96. The van der Waals surface area contributed by atoms with Crippen molar-refractivity contribution in [2.75, 3.05) is 0 Å². The van der Waals surface area contributed by atoms with Crippen LogP contribution in [-0.2, 0) is 6.42 Å². The molecule has 0 radical (unpaired) electrons. The molecule has 0 saturated carbocycles. The van der Waals surface area contributed by atoms with Gasteiger partial charge in [-0.25, -0.2) is 4.79 Å². The minimum absolute atomic E-state index is 0.249. The molecule has 1 heterocycles. The van der Waals surface area contributed by atoms with Crippen LogP contribution in [0.1, 0.15) is 44.2 Å². The molecule has 0 amide bonds. The molecule has 3 aromatic carbocycles. The highest BCUT2D eigenvalue weighted by Gasteiger charge is 2.24. The van der Waals surface area contributed by atoms with Crippen LogP contribution in [0.4, 0.5) is 0 Å². The summed E-state index contributed by atoms with van der Waals surface area (Å²) in [6.07, 6.45) is 2.22. The van der Waals surface area contributed by atoms with E-state index in [0.717, 1.165) is 39.1 Å². The first-order valence-corrected chi connectivity index (χ1v) is 11.6. The Morgan fingerprint density at radius 1 is 0.943 bits per heavy atom. The smallest absolute Gasteiger partial charge is 0.335 e. The third kappa shape index (κ3) is 5.58. The Morgan fingerprint density at radius 2 is 1.60 bits per heavy atom. The van der Waals surface area contributed by atoms with Gasteiger partial charge in [-0.05, 0) is 83.6 Å². The molecule has 0 aliphatic carbocycles. The first-order chi connectivity index (χ1) is 16.9. The van der Waals surface area contributed by atoms with Gasteiger partial charge in [-0.1, -0.05) is 59.2 Å². The third-order valence-corrected chi connectivity index (χ3v) is 6.30. The summed E-state index contributed by atoms with van der Waals surface area (Å²) in [4.78, 5) is 15.4. The lowest BCUT2D eigenvalue weighted by atomic mass is 9.82. The Bertz CT molecular complexity index is 1380. The zero-order valence-electron chi connectivity index (χ0n) is 19.4. The fourth-order valence-corrected chi connectivity index (χ4v) is 4.53. The van der Waals surface area contributed by atoms with Gasteiger partial charge >= 0.3 is 5.97 Å². The molecule has 0 bridgehead atoms. The van der Waals surface area contributed by atoms with Crippen molar-refractivity contribution in [2.24, 2.45) is 5.16 Å². The molecule has 0 unspecified atom stereocenters. The van der Waals surface area contributed by atoms with E-state index in [2.05, 4.69) is 10.1 Å². The third-order valence-electron chi connectivity index (χ3n) is 6.06. The van der Waals surface area contributed by atoms with E-state index in [0.29, 0.717) is 17.2 Å². The van der Waals surface area contributed by atoms with Gasteiger partial charge in [0.15, 0.2) is 0 Å². The molecule has 176 valence electrons. The maximum Gasteiger partial charge on any atom is 0.335 e. The number of halogens is 1. The molecule has 0 aliphatic rings. The fourth-order valence-electron chi connectivity index (χ4n) is 4.31. The predicted molar refractivity (Wildman–Crippen MR) is 139 cm³/mol. The van der Waals surface area contributed by atoms with Crippen LogP contribution in [0.15, 0.2) is 90.2 Å². The van der Waals surface area contributed by atoms with Crippen molar-refractivity contribution in [1.82, 2.24) is 4.98 Å². The van der Waals surface area contributed by atoms with Gasteiger partial charge in [-0.2, -0.15) is 0 Å². The van der Waals surface area contributed by atoms with Crippen molar-refractivity contribution in [3.05, 3.63) is 124 Å². The maximum absolute atomic E-state index is 11.2. The summed E-state index contributed by atoms with van der Waals surface area (Å²) in [5.74, 6) is -1.23. The number of hydrogen-bond donors (Lipinski definition) is 2. The van der Waals surface area contributed by atoms with Gasteiger partial charge < -0.3 is 10.3 Å². The van der Waals surface area contributed by atoms with E-state index in [-0.39, 0.29) is 11.5 Å². The van der Waals surface area contributed by atoms with E-state index >= 15 is 0 Å². The summed E-state index contributed by atoms with van der Waals surface area (Å²) < 4.78 is 0. The van der Waals surface area contributed by atoms with E-state index in [1.54, 1.807) is 30.5 Å². The molecule has 4 rings (SSSR count). The summed E-state index contributed by atoms with van der Waals surface area (Å²) >= 11 is 6.22. The van der Waals surface area contributed by atoms with Crippen LogP contribution < -0.4 is 0 Å². The largest absolute Gasteiger partial charge is 0.478 e. The van der Waals surface area contributed by atoms with E-state index < -0.39 is 5.97 Å². The minimum Gasteiger partial charge on any atom is -0.478 e. The number of hydrogen-bond acceptors (Lipinski definition) is 4. The molecular weight excluding hydrogens is 460 g/mol. The monoisotopic (exact) mass is 484 g/mol. The van der Waals surface area contributed by atoms with Gasteiger partial charge in [0.05, 0.1) is 17.2 Å². The van der Waals surface area contributed by atoms with Gasteiger partial charge in [0.25, 0.3) is 0 Å². The number of benzene rings is 3. The van der Waals surface area contributed by atoms with Crippen LogP contribution in [0.3, 0.4) is 0 Å². The molecule has 0 spiro atoms. The first kappa shape index (κ1) is 24.2. The van der Waals surface area contributed by atoms with Gasteiger partial charge in [0.2, 0.25) is 0 Å². The van der Waals surface area contributed by atoms with E-state index in [1.807, 2.05) is 68.4 Å². The van der Waals surface area contributed by atoms with Crippen LogP contribution in [0, 0.1) is 13.8 Å². The van der Waals surface area contributed by atoms with Gasteiger partial charge in [0.1, 0.15) is 0 Å². The zero-order chi connectivity index (χ0) is 24.9. The SMILES string of the molecule is Cc1cc(C/C(=N\O)[C@H](c2ccc(-c3ccc(C(=O)O)cc3)cc2)c2ccc(Cl)cc2C)ccn1. The van der Waals surface area contributed by atoms with Crippen LogP contribution in [-0.4, -0.2) is 27.0 Å². The van der Waals surface area contributed by atoms with E-state index in [1.165, 1.54) is 0 Å². The number of rotatable bonds is 7. The maximum atomic E-state index is 11.2. The summed E-state index contributed by atoms with van der Waals surface area (Å²) in [6.45, 7) is 3.93. The molecule has 0 fully saturated rings. The Balaban J connectivity index is 1.73. The Kier molecular flexibility index (Phi) is 7.28. The number of aryl methyl sites for hydroxylation is 2. The molecule has 1 aromatic heterocycles. The van der Waals surface area contributed by atoms with Crippen molar-refractivity contribution in [3.63, 3.8) is 0 Å². The average Bonchev–Trinajstić information content (AvgIpc) is 2.85. The zero-order valence-corrected chi connectivity index (χ0v) is 20.2. The van der Waals surface area contributed by atoms with E-state index in [4.69, 9.17) is 16.7 Å². The number of aromatic carboxylic acids is 1. The van der Waals surface area contributed by atoms with Crippen molar-refractivity contribution in [1.29, 1.82) is 0 Å². The standard InChI is InChI=1S/C29H25ClN2O3/c1-18-15-25(30)11-12-26(18)28(27(32-35)17-20-13-14-31-19(2)16-20)23-7-3-21(4-8-23)22-5-9-24(10-6-22)29(33)34/h3-16,28,35H,17H2,1-2H3,(H,33,34)/b32-27+/t28-/m1/s1. The molecule has 6 heteroatoms. The topological polar surface area (TPSA) is 82.8 Å². The molecule has 2 N–H and O–H groups in total. The summed E-state index contributed by atoms with van der Waals surface area (Å²) in [5, 5.41) is 23.6. The second kappa shape index (κ2) is 10.5.